The smallest absolute Gasteiger partial charge is 0.359 e. The summed E-state index contributed by atoms with van der Waals surface area (Å²) in [4.78, 5) is 0. The number of rotatable bonds is 2. The van der Waals surface area contributed by atoms with Gasteiger partial charge >= 0.3 is 6.18 Å². The number of benzene rings is 1. The molecule has 0 unspecified atom stereocenters. The highest BCUT2D eigenvalue weighted by molar-refractivity contribution is 5.85. The van der Waals surface area contributed by atoms with Crippen LogP contribution in [-0.2, 0) is 12.7 Å². The molecule has 1 aromatic heterocycles. The van der Waals surface area contributed by atoms with Crippen LogP contribution in [0.25, 0.3) is 11.3 Å². The monoisotopic (exact) mass is 296 g/mol. The summed E-state index contributed by atoms with van der Waals surface area (Å²) in [5, 5.41) is 3.57. The minimum atomic E-state index is -4.75. The lowest BCUT2D eigenvalue weighted by Gasteiger charge is -2.08. The van der Waals surface area contributed by atoms with Gasteiger partial charge in [0.15, 0.2) is 5.76 Å². The summed E-state index contributed by atoms with van der Waals surface area (Å²) in [5.41, 5.74) is 4.25. The zero-order valence-electron chi connectivity index (χ0n) is 9.37. The van der Waals surface area contributed by atoms with E-state index in [1.165, 1.54) is 12.1 Å². The Morgan fingerprint density at radius 1 is 1.21 bits per heavy atom. The molecule has 0 amide bonds. The molecule has 0 atom stereocenters. The van der Waals surface area contributed by atoms with E-state index in [-0.39, 0.29) is 30.2 Å². The van der Waals surface area contributed by atoms with E-state index in [1.54, 1.807) is 0 Å². The molecule has 1 heterocycles. The number of hydrogen-bond donors (Lipinski definition) is 1. The molecule has 8 heteroatoms. The van der Waals surface area contributed by atoms with Gasteiger partial charge in [-0.25, -0.2) is 4.39 Å². The molecule has 104 valence electrons. The lowest BCUT2D eigenvalue weighted by Crippen LogP contribution is -2.08. The van der Waals surface area contributed by atoms with Crippen LogP contribution < -0.4 is 5.73 Å². The molecule has 2 N–H and O–H groups in total. The maximum Gasteiger partial charge on any atom is 0.419 e. The summed E-state index contributed by atoms with van der Waals surface area (Å²) in [6.45, 7) is 0.0837. The third kappa shape index (κ3) is 3.24. The zero-order valence-corrected chi connectivity index (χ0v) is 10.2. The first kappa shape index (κ1) is 15.5. The number of nitrogens with zero attached hydrogens (tertiary/aromatic N) is 1. The van der Waals surface area contributed by atoms with Gasteiger partial charge < -0.3 is 10.3 Å². The highest BCUT2D eigenvalue weighted by Crippen LogP contribution is 2.34. The van der Waals surface area contributed by atoms with Crippen molar-refractivity contribution in [1.29, 1.82) is 0 Å². The van der Waals surface area contributed by atoms with E-state index in [1.807, 2.05) is 0 Å². The van der Waals surface area contributed by atoms with Crippen LogP contribution in [0, 0.1) is 5.82 Å². The number of hydrogen-bond acceptors (Lipinski definition) is 3. The number of aromatic nitrogens is 1. The fourth-order valence-corrected chi connectivity index (χ4v) is 1.45. The van der Waals surface area contributed by atoms with Gasteiger partial charge in [-0.05, 0) is 18.2 Å². The molecule has 0 fully saturated rings. The Kier molecular flexibility index (Phi) is 4.54. The topological polar surface area (TPSA) is 52.0 Å². The van der Waals surface area contributed by atoms with Crippen molar-refractivity contribution in [2.75, 3.05) is 0 Å². The molecule has 0 saturated carbocycles. The van der Waals surface area contributed by atoms with Gasteiger partial charge in [-0.2, -0.15) is 13.2 Å². The standard InChI is InChI=1S/C11H8F4N2O.ClH/c12-9-2-1-6(3-8(9)11(13,14)15)10-4-7(5-16)18-17-10;/h1-4H,5,16H2;1H. The number of nitrogens with two attached hydrogens (primary N) is 1. The first-order valence-corrected chi connectivity index (χ1v) is 4.94. The van der Waals surface area contributed by atoms with Gasteiger partial charge in [-0.1, -0.05) is 5.16 Å². The van der Waals surface area contributed by atoms with Crippen LogP contribution in [0.5, 0.6) is 0 Å². The Balaban J connectivity index is 0.00000180. The number of halogens is 5. The molecule has 0 spiro atoms. The van der Waals surface area contributed by atoms with E-state index in [4.69, 9.17) is 10.3 Å². The molecule has 0 aliphatic rings. The molecule has 0 bridgehead atoms. The van der Waals surface area contributed by atoms with Crippen molar-refractivity contribution in [3.05, 3.63) is 41.4 Å². The summed E-state index contributed by atoms with van der Waals surface area (Å²) in [6, 6.07) is 4.04. The Morgan fingerprint density at radius 3 is 2.42 bits per heavy atom. The molecule has 2 aromatic rings. The van der Waals surface area contributed by atoms with Crippen molar-refractivity contribution in [1.82, 2.24) is 5.16 Å². The summed E-state index contributed by atoms with van der Waals surface area (Å²) in [5.74, 6) is -0.989. The maximum absolute atomic E-state index is 13.1. The second-order valence-corrected chi connectivity index (χ2v) is 3.57. The van der Waals surface area contributed by atoms with E-state index in [0.717, 1.165) is 6.07 Å². The zero-order chi connectivity index (χ0) is 13.3. The van der Waals surface area contributed by atoms with Crippen molar-refractivity contribution in [3.8, 4) is 11.3 Å². The lowest BCUT2D eigenvalue weighted by molar-refractivity contribution is -0.139. The Morgan fingerprint density at radius 2 is 1.89 bits per heavy atom. The normalized spacial score (nSPS) is 11.2. The van der Waals surface area contributed by atoms with Crippen LogP contribution in [-0.4, -0.2) is 5.16 Å². The average Bonchev–Trinajstić information content (AvgIpc) is 2.76. The van der Waals surface area contributed by atoms with Gasteiger partial charge in [0.25, 0.3) is 0 Å². The third-order valence-corrected chi connectivity index (χ3v) is 2.33. The summed E-state index contributed by atoms with van der Waals surface area (Å²) in [6.07, 6.45) is -4.75. The largest absolute Gasteiger partial charge is 0.419 e. The van der Waals surface area contributed by atoms with E-state index in [2.05, 4.69) is 5.16 Å². The van der Waals surface area contributed by atoms with E-state index >= 15 is 0 Å². The maximum atomic E-state index is 13.1. The molecule has 1 aromatic carbocycles. The fourth-order valence-electron chi connectivity index (χ4n) is 1.45. The SMILES string of the molecule is Cl.NCc1cc(-c2ccc(F)c(C(F)(F)F)c2)no1. The van der Waals surface area contributed by atoms with E-state index in [9.17, 15) is 17.6 Å². The van der Waals surface area contributed by atoms with Crippen LogP contribution in [0.15, 0.2) is 28.8 Å². The third-order valence-electron chi connectivity index (χ3n) is 2.33. The first-order valence-electron chi connectivity index (χ1n) is 4.94. The Bertz CT molecular complexity index is 568. The van der Waals surface area contributed by atoms with Gasteiger partial charge in [0.1, 0.15) is 11.5 Å². The number of alkyl halides is 3. The summed E-state index contributed by atoms with van der Waals surface area (Å²) in [7, 11) is 0. The first-order chi connectivity index (χ1) is 8.41. The van der Waals surface area contributed by atoms with Crippen LogP contribution in [0.3, 0.4) is 0 Å². The molecule has 0 saturated heterocycles. The second-order valence-electron chi connectivity index (χ2n) is 3.57. The summed E-state index contributed by atoms with van der Waals surface area (Å²) >= 11 is 0. The molecular weight excluding hydrogens is 288 g/mol. The molecule has 0 aliphatic carbocycles. The molecule has 0 aliphatic heterocycles. The van der Waals surface area contributed by atoms with Gasteiger partial charge in [0.2, 0.25) is 0 Å². The van der Waals surface area contributed by atoms with Gasteiger partial charge in [0.05, 0.1) is 12.1 Å². The van der Waals surface area contributed by atoms with Crippen molar-refractivity contribution in [3.63, 3.8) is 0 Å². The predicted molar refractivity (Wildman–Crippen MR) is 62.0 cm³/mol. The van der Waals surface area contributed by atoms with Crippen molar-refractivity contribution >= 4 is 12.4 Å². The van der Waals surface area contributed by atoms with E-state index in [0.29, 0.717) is 11.8 Å². The van der Waals surface area contributed by atoms with Crippen LogP contribution in [0.2, 0.25) is 0 Å². The molecule has 0 radical (unpaired) electrons. The fraction of sp³-hybridized carbons (Fsp3) is 0.182. The van der Waals surface area contributed by atoms with Crippen molar-refractivity contribution in [2.24, 2.45) is 5.73 Å². The van der Waals surface area contributed by atoms with Gasteiger partial charge in [0, 0.05) is 11.6 Å². The minimum Gasteiger partial charge on any atom is -0.359 e. The molecule has 2 rings (SSSR count). The van der Waals surface area contributed by atoms with Crippen LogP contribution in [0.4, 0.5) is 17.6 Å². The highest BCUT2D eigenvalue weighted by Gasteiger charge is 2.34. The van der Waals surface area contributed by atoms with Crippen LogP contribution >= 0.6 is 12.4 Å². The Hall–Kier alpha value is -1.60. The average molecular weight is 297 g/mol. The van der Waals surface area contributed by atoms with Gasteiger partial charge in [-0.15, -0.1) is 12.4 Å². The van der Waals surface area contributed by atoms with Gasteiger partial charge in [-0.3, -0.25) is 0 Å². The summed E-state index contributed by atoms with van der Waals surface area (Å²) < 4.78 is 55.4. The Labute approximate surface area is 111 Å². The lowest BCUT2D eigenvalue weighted by atomic mass is 10.1. The van der Waals surface area contributed by atoms with Crippen molar-refractivity contribution in [2.45, 2.75) is 12.7 Å². The molecule has 3 nitrogen and oxygen atoms in total. The molecule has 19 heavy (non-hydrogen) atoms. The highest BCUT2D eigenvalue weighted by atomic mass is 35.5. The van der Waals surface area contributed by atoms with Crippen LogP contribution in [0.1, 0.15) is 11.3 Å². The minimum absolute atomic E-state index is 0. The van der Waals surface area contributed by atoms with Crippen molar-refractivity contribution < 1.29 is 22.1 Å². The second kappa shape index (κ2) is 5.58. The van der Waals surface area contributed by atoms with E-state index < -0.39 is 17.6 Å². The molecular formula is C11H9ClF4N2O. The quantitative estimate of drug-likeness (QED) is 0.864. The predicted octanol–water partition coefficient (Wildman–Crippen LogP) is 3.38.